The molecule has 2 aromatic rings. The molecule has 2 rings (SSSR count). The highest BCUT2D eigenvalue weighted by atomic mass is 19.1. The van der Waals surface area contributed by atoms with Gasteiger partial charge in [-0.3, -0.25) is 0 Å². The van der Waals surface area contributed by atoms with Crippen molar-refractivity contribution in [2.24, 2.45) is 0 Å². The predicted octanol–water partition coefficient (Wildman–Crippen LogP) is 3.05. The van der Waals surface area contributed by atoms with Crippen LogP contribution in [0.3, 0.4) is 0 Å². The predicted molar refractivity (Wildman–Crippen MR) is 81.6 cm³/mol. The van der Waals surface area contributed by atoms with Gasteiger partial charge in [-0.05, 0) is 36.1 Å². The first-order valence-corrected chi connectivity index (χ1v) is 7.15. The van der Waals surface area contributed by atoms with Crippen molar-refractivity contribution >= 4 is 6.03 Å². The van der Waals surface area contributed by atoms with Crippen LogP contribution in [0.4, 0.5) is 13.6 Å². The fourth-order valence-corrected chi connectivity index (χ4v) is 2.09. The largest absolute Gasteiger partial charge is 0.338 e. The van der Waals surface area contributed by atoms with Crippen molar-refractivity contribution in [2.45, 2.75) is 12.8 Å². The molecule has 0 saturated carbocycles. The van der Waals surface area contributed by atoms with E-state index in [1.54, 1.807) is 36.4 Å². The molecule has 22 heavy (non-hydrogen) atoms. The zero-order valence-corrected chi connectivity index (χ0v) is 12.1. The third-order valence-corrected chi connectivity index (χ3v) is 3.28. The smallest absolute Gasteiger partial charge is 0.314 e. The summed E-state index contributed by atoms with van der Waals surface area (Å²) in [5.74, 6) is -0.548. The first-order chi connectivity index (χ1) is 10.7. The Bertz CT molecular complexity index is 578. The number of urea groups is 1. The number of halogens is 2. The van der Waals surface area contributed by atoms with Crippen LogP contribution in [0, 0.1) is 11.6 Å². The number of benzene rings is 2. The lowest BCUT2D eigenvalue weighted by Crippen LogP contribution is -2.37. The lowest BCUT2D eigenvalue weighted by atomic mass is 10.1. The van der Waals surface area contributed by atoms with Crippen LogP contribution in [0.2, 0.25) is 0 Å². The number of hydrogen-bond donors (Lipinski definition) is 2. The molecule has 2 N–H and O–H groups in total. The van der Waals surface area contributed by atoms with Crippen LogP contribution in [-0.2, 0) is 12.8 Å². The van der Waals surface area contributed by atoms with Crippen molar-refractivity contribution in [1.82, 2.24) is 10.6 Å². The fraction of sp³-hybridized carbons (Fsp3) is 0.235. The Morgan fingerprint density at radius 2 is 1.18 bits per heavy atom. The average Bonchev–Trinajstić information content (AvgIpc) is 2.51. The number of amides is 2. The van der Waals surface area contributed by atoms with Gasteiger partial charge >= 0.3 is 6.03 Å². The van der Waals surface area contributed by atoms with Crippen LogP contribution in [0.1, 0.15) is 11.1 Å². The monoisotopic (exact) mass is 304 g/mol. The van der Waals surface area contributed by atoms with E-state index in [1.165, 1.54) is 12.1 Å². The standard InChI is InChI=1S/C17H18F2N2O/c18-15-7-3-1-5-13(15)9-11-20-17(22)21-12-10-14-6-2-4-8-16(14)19/h1-8H,9-12H2,(H2,20,21,22). The van der Waals surface area contributed by atoms with Crippen LogP contribution in [0.5, 0.6) is 0 Å². The lowest BCUT2D eigenvalue weighted by Gasteiger charge is -2.08. The number of nitrogens with one attached hydrogen (secondary N) is 2. The van der Waals surface area contributed by atoms with E-state index in [9.17, 15) is 13.6 Å². The number of rotatable bonds is 6. The third-order valence-electron chi connectivity index (χ3n) is 3.28. The van der Waals surface area contributed by atoms with Gasteiger partial charge in [-0.1, -0.05) is 36.4 Å². The van der Waals surface area contributed by atoms with Crippen molar-refractivity contribution < 1.29 is 13.6 Å². The van der Waals surface area contributed by atoms with Crippen molar-refractivity contribution in [1.29, 1.82) is 0 Å². The molecule has 0 radical (unpaired) electrons. The quantitative estimate of drug-likeness (QED) is 0.846. The Balaban J connectivity index is 1.66. The normalized spacial score (nSPS) is 10.3. The highest BCUT2D eigenvalue weighted by molar-refractivity contribution is 5.73. The summed E-state index contributed by atoms with van der Waals surface area (Å²) in [5, 5.41) is 5.30. The molecule has 0 aromatic heterocycles. The van der Waals surface area contributed by atoms with Crippen molar-refractivity contribution in [3.05, 3.63) is 71.3 Å². The SMILES string of the molecule is O=C(NCCc1ccccc1F)NCCc1ccccc1F. The fourth-order valence-electron chi connectivity index (χ4n) is 2.09. The molecule has 0 atom stereocenters. The number of carbonyl (C=O) groups excluding carboxylic acids is 1. The van der Waals surface area contributed by atoms with Gasteiger partial charge in [0.05, 0.1) is 0 Å². The summed E-state index contributed by atoms with van der Waals surface area (Å²) in [7, 11) is 0. The van der Waals surface area contributed by atoms with E-state index >= 15 is 0 Å². The molecule has 0 aliphatic carbocycles. The Morgan fingerprint density at radius 3 is 1.59 bits per heavy atom. The van der Waals surface area contributed by atoms with Crippen LogP contribution in [0.15, 0.2) is 48.5 Å². The van der Waals surface area contributed by atoms with Crippen LogP contribution in [-0.4, -0.2) is 19.1 Å². The molecule has 2 aromatic carbocycles. The molecule has 5 heteroatoms. The first-order valence-electron chi connectivity index (χ1n) is 7.15. The summed E-state index contributed by atoms with van der Waals surface area (Å²) in [4.78, 5) is 11.6. The molecule has 0 spiro atoms. The van der Waals surface area contributed by atoms with Gasteiger partial charge < -0.3 is 10.6 Å². The van der Waals surface area contributed by atoms with Gasteiger partial charge in [-0.25, -0.2) is 13.6 Å². The highest BCUT2D eigenvalue weighted by Gasteiger charge is 2.04. The van der Waals surface area contributed by atoms with Gasteiger partial charge in [0.2, 0.25) is 0 Å². The Morgan fingerprint density at radius 1 is 0.773 bits per heavy atom. The molecule has 0 bridgehead atoms. The van der Waals surface area contributed by atoms with Gasteiger partial charge in [-0.2, -0.15) is 0 Å². The molecule has 116 valence electrons. The molecular weight excluding hydrogens is 286 g/mol. The Hall–Kier alpha value is -2.43. The maximum atomic E-state index is 13.4. The van der Waals surface area contributed by atoms with Crippen LogP contribution < -0.4 is 10.6 Å². The molecular formula is C17H18F2N2O. The minimum atomic E-state index is -0.340. The summed E-state index contributed by atoms with van der Waals surface area (Å²) in [6, 6.07) is 12.6. The maximum Gasteiger partial charge on any atom is 0.314 e. The highest BCUT2D eigenvalue weighted by Crippen LogP contribution is 2.07. The molecule has 0 fully saturated rings. The van der Waals surface area contributed by atoms with E-state index in [4.69, 9.17) is 0 Å². The lowest BCUT2D eigenvalue weighted by molar-refractivity contribution is 0.241. The van der Waals surface area contributed by atoms with Crippen LogP contribution in [0.25, 0.3) is 0 Å². The van der Waals surface area contributed by atoms with E-state index in [1.807, 2.05) is 0 Å². The molecule has 0 unspecified atom stereocenters. The Kier molecular flexibility index (Phi) is 5.89. The van der Waals surface area contributed by atoms with Gasteiger partial charge in [0, 0.05) is 13.1 Å². The average molecular weight is 304 g/mol. The second-order valence-electron chi connectivity index (χ2n) is 4.87. The van der Waals surface area contributed by atoms with Crippen molar-refractivity contribution in [3.8, 4) is 0 Å². The van der Waals surface area contributed by atoms with Crippen molar-refractivity contribution in [3.63, 3.8) is 0 Å². The molecule has 3 nitrogen and oxygen atoms in total. The zero-order valence-electron chi connectivity index (χ0n) is 12.1. The summed E-state index contributed by atoms with van der Waals surface area (Å²) < 4.78 is 26.8. The van der Waals surface area contributed by atoms with Gasteiger partial charge in [0.15, 0.2) is 0 Å². The third kappa shape index (κ3) is 4.84. The van der Waals surface area contributed by atoms with E-state index in [0.29, 0.717) is 37.1 Å². The molecule has 0 heterocycles. The zero-order chi connectivity index (χ0) is 15.8. The Labute approximate surface area is 128 Å². The first kappa shape index (κ1) is 15.9. The van der Waals surface area contributed by atoms with E-state index in [-0.39, 0.29) is 17.7 Å². The summed E-state index contributed by atoms with van der Waals surface area (Å²) in [6.07, 6.45) is 0.848. The van der Waals surface area contributed by atoms with E-state index in [2.05, 4.69) is 10.6 Å². The van der Waals surface area contributed by atoms with Gasteiger partial charge in [0.25, 0.3) is 0 Å². The van der Waals surface area contributed by atoms with E-state index < -0.39 is 0 Å². The maximum absolute atomic E-state index is 13.4. The topological polar surface area (TPSA) is 41.1 Å². The number of hydrogen-bond acceptors (Lipinski definition) is 1. The van der Waals surface area contributed by atoms with Crippen LogP contribution >= 0.6 is 0 Å². The van der Waals surface area contributed by atoms with Gasteiger partial charge in [-0.15, -0.1) is 0 Å². The van der Waals surface area contributed by atoms with Crippen molar-refractivity contribution in [2.75, 3.05) is 13.1 Å². The summed E-state index contributed by atoms with van der Waals surface area (Å²) in [5.41, 5.74) is 1.13. The minimum absolute atomic E-state index is 0.274. The minimum Gasteiger partial charge on any atom is -0.338 e. The van der Waals surface area contributed by atoms with E-state index in [0.717, 1.165) is 0 Å². The second kappa shape index (κ2) is 8.12. The molecule has 0 saturated heterocycles. The molecule has 0 aliphatic heterocycles. The summed E-state index contributed by atoms with van der Waals surface area (Å²) in [6.45, 7) is 0.679. The molecule has 0 aliphatic rings. The molecule has 2 amide bonds. The second-order valence-corrected chi connectivity index (χ2v) is 4.87. The summed E-state index contributed by atoms with van der Waals surface area (Å²) >= 11 is 0. The number of carbonyl (C=O) groups is 1. The van der Waals surface area contributed by atoms with Gasteiger partial charge in [0.1, 0.15) is 11.6 Å².